The lowest BCUT2D eigenvalue weighted by molar-refractivity contribution is -0.120. The van der Waals surface area contributed by atoms with Gasteiger partial charge in [0.1, 0.15) is 18.8 Å². The average molecular weight is 467 g/mol. The highest BCUT2D eigenvalue weighted by Crippen LogP contribution is 2.30. The third-order valence-electron chi connectivity index (χ3n) is 5.01. The van der Waals surface area contributed by atoms with Crippen molar-refractivity contribution in [3.8, 4) is 5.75 Å². The highest BCUT2D eigenvalue weighted by molar-refractivity contribution is 6.31. The van der Waals surface area contributed by atoms with Gasteiger partial charge in [-0.1, -0.05) is 23.2 Å². The number of hydrogen-bond acceptors (Lipinski definition) is 8. The molecule has 1 N–H and O–H groups in total. The second-order valence-corrected chi connectivity index (χ2v) is 8.10. The van der Waals surface area contributed by atoms with Crippen LogP contribution in [-0.4, -0.2) is 78.1 Å². The van der Waals surface area contributed by atoms with Gasteiger partial charge < -0.3 is 19.7 Å². The van der Waals surface area contributed by atoms with Crippen molar-refractivity contribution in [2.45, 2.75) is 12.1 Å². The van der Waals surface area contributed by atoms with E-state index in [0.717, 1.165) is 6.54 Å². The van der Waals surface area contributed by atoms with E-state index in [0.29, 0.717) is 40.5 Å². The molecule has 0 saturated carbocycles. The minimum absolute atomic E-state index is 0.0963. The fraction of sp³-hybridized carbons (Fsp3) is 0.421. The number of anilines is 1. The van der Waals surface area contributed by atoms with Crippen molar-refractivity contribution in [2.75, 3.05) is 45.3 Å². The molecule has 2 atom stereocenters. The maximum Gasteiger partial charge on any atom is 0.289 e. The Bertz CT molecular complexity index is 1020. The van der Waals surface area contributed by atoms with Crippen molar-refractivity contribution < 1.29 is 19.1 Å². The molecule has 2 aliphatic rings. The fourth-order valence-electron chi connectivity index (χ4n) is 3.34. The van der Waals surface area contributed by atoms with Gasteiger partial charge >= 0.3 is 0 Å². The molecule has 4 rings (SSSR count). The van der Waals surface area contributed by atoms with Gasteiger partial charge in [0.05, 0.1) is 28.5 Å². The normalized spacial score (nSPS) is 21.8. The van der Waals surface area contributed by atoms with E-state index >= 15 is 0 Å². The summed E-state index contributed by atoms with van der Waals surface area (Å²) in [5.41, 5.74) is 0.431. The average Bonchev–Trinajstić information content (AvgIpc) is 2.86. The molecule has 10 nitrogen and oxygen atoms in total. The van der Waals surface area contributed by atoms with Crippen LogP contribution < -0.4 is 15.0 Å². The van der Waals surface area contributed by atoms with E-state index in [1.165, 1.54) is 17.3 Å². The number of carbonyl (C=O) groups excluding carboxylic acids is 2. The highest BCUT2D eigenvalue weighted by Gasteiger charge is 2.33. The van der Waals surface area contributed by atoms with Crippen LogP contribution in [0.3, 0.4) is 0 Å². The number of likely N-dealkylation sites (N-methyl/N-ethyl adjacent to an activating group) is 2. The number of aromatic nitrogens is 3. The molecule has 12 heteroatoms. The number of ether oxygens (including phenoxy) is 2. The highest BCUT2D eigenvalue weighted by atomic mass is 35.5. The third-order valence-corrected chi connectivity index (χ3v) is 5.50. The topological polar surface area (TPSA) is 110 Å². The molecule has 2 aromatic heterocycles. The minimum Gasteiger partial charge on any atom is -0.487 e. The van der Waals surface area contributed by atoms with Crippen molar-refractivity contribution >= 4 is 40.8 Å². The Labute approximate surface area is 188 Å². The van der Waals surface area contributed by atoms with Crippen molar-refractivity contribution in [1.29, 1.82) is 0 Å². The molecule has 1 saturated heterocycles. The first-order valence-electron chi connectivity index (χ1n) is 9.53. The number of carbonyl (C=O) groups is 2. The lowest BCUT2D eigenvalue weighted by atomic mass is 10.2. The number of nitrogens with one attached hydrogen (secondary N) is 1. The van der Waals surface area contributed by atoms with Crippen molar-refractivity contribution in [3.05, 3.63) is 40.0 Å². The van der Waals surface area contributed by atoms with E-state index in [2.05, 4.69) is 25.2 Å². The molecule has 4 heterocycles. The molecule has 2 amide bonds. The van der Waals surface area contributed by atoms with Gasteiger partial charge in [0.25, 0.3) is 11.8 Å². The molecule has 164 valence electrons. The number of rotatable bonds is 3. The number of pyridine rings is 1. The number of morpholine rings is 1. The summed E-state index contributed by atoms with van der Waals surface area (Å²) in [4.78, 5) is 41.5. The summed E-state index contributed by atoms with van der Waals surface area (Å²) in [6.07, 6.45) is 2.40. The van der Waals surface area contributed by atoms with Crippen LogP contribution >= 0.6 is 23.2 Å². The number of halogens is 2. The Morgan fingerprint density at radius 3 is 2.84 bits per heavy atom. The van der Waals surface area contributed by atoms with Crippen LogP contribution in [0.5, 0.6) is 5.75 Å². The first-order valence-corrected chi connectivity index (χ1v) is 10.3. The molecule has 0 bridgehead atoms. The van der Waals surface area contributed by atoms with Crippen LogP contribution in [0, 0.1) is 0 Å². The summed E-state index contributed by atoms with van der Waals surface area (Å²) in [5, 5.41) is 3.31. The molecular formula is C19H20Cl2N6O4. The van der Waals surface area contributed by atoms with E-state index in [1.807, 2.05) is 7.05 Å². The number of fused-ring (bicyclic) bond motifs is 1. The molecule has 2 aromatic rings. The Balaban J connectivity index is 1.52. The van der Waals surface area contributed by atoms with Gasteiger partial charge in [-0.3, -0.25) is 14.5 Å². The van der Waals surface area contributed by atoms with E-state index in [-0.39, 0.29) is 18.5 Å². The largest absolute Gasteiger partial charge is 0.487 e. The summed E-state index contributed by atoms with van der Waals surface area (Å²) in [5.74, 6) is -0.476. The van der Waals surface area contributed by atoms with Gasteiger partial charge in [-0.25, -0.2) is 15.0 Å². The third kappa shape index (κ3) is 4.57. The molecule has 0 aromatic carbocycles. The lowest BCUT2D eigenvalue weighted by Crippen LogP contribution is -2.49. The SMILES string of the molecule is CN1CCOC(c2nc(C(=O)N[C@H]3COc4cc(Cl)cnc4N(C)C3=O)ncc2Cl)C1. The zero-order valence-electron chi connectivity index (χ0n) is 16.8. The van der Waals surface area contributed by atoms with Crippen LogP contribution in [0.15, 0.2) is 18.5 Å². The van der Waals surface area contributed by atoms with Crippen LogP contribution in [-0.2, 0) is 9.53 Å². The molecule has 0 aliphatic carbocycles. The van der Waals surface area contributed by atoms with E-state index in [1.54, 1.807) is 13.1 Å². The molecule has 0 spiro atoms. The summed E-state index contributed by atoms with van der Waals surface area (Å²) in [6.45, 7) is 1.82. The van der Waals surface area contributed by atoms with Gasteiger partial charge in [-0.2, -0.15) is 0 Å². The maximum absolute atomic E-state index is 12.8. The Kier molecular flexibility index (Phi) is 6.24. The molecule has 0 radical (unpaired) electrons. The first-order chi connectivity index (χ1) is 14.8. The summed E-state index contributed by atoms with van der Waals surface area (Å²) >= 11 is 12.2. The molecular weight excluding hydrogens is 447 g/mol. The second kappa shape index (κ2) is 8.91. The zero-order valence-corrected chi connectivity index (χ0v) is 18.4. The smallest absolute Gasteiger partial charge is 0.289 e. The van der Waals surface area contributed by atoms with Crippen molar-refractivity contribution in [2.24, 2.45) is 0 Å². The molecule has 1 fully saturated rings. The quantitative estimate of drug-likeness (QED) is 0.721. The van der Waals surface area contributed by atoms with Crippen molar-refractivity contribution in [1.82, 2.24) is 25.2 Å². The number of nitrogens with zero attached hydrogens (tertiary/aromatic N) is 5. The van der Waals surface area contributed by atoms with E-state index in [4.69, 9.17) is 32.7 Å². The van der Waals surface area contributed by atoms with Gasteiger partial charge in [-0.05, 0) is 7.05 Å². The summed E-state index contributed by atoms with van der Waals surface area (Å²) in [6, 6.07) is 0.596. The fourth-order valence-corrected chi connectivity index (χ4v) is 3.70. The van der Waals surface area contributed by atoms with Crippen LogP contribution in [0.1, 0.15) is 22.4 Å². The Morgan fingerprint density at radius 1 is 1.26 bits per heavy atom. The second-order valence-electron chi connectivity index (χ2n) is 7.26. The molecule has 2 aliphatic heterocycles. The number of amides is 2. The predicted molar refractivity (Wildman–Crippen MR) is 113 cm³/mol. The van der Waals surface area contributed by atoms with Gasteiger partial charge in [-0.15, -0.1) is 0 Å². The zero-order chi connectivity index (χ0) is 22.1. The monoisotopic (exact) mass is 466 g/mol. The minimum atomic E-state index is -0.967. The van der Waals surface area contributed by atoms with E-state index < -0.39 is 17.9 Å². The Morgan fingerprint density at radius 2 is 2.06 bits per heavy atom. The van der Waals surface area contributed by atoms with Crippen molar-refractivity contribution in [3.63, 3.8) is 0 Å². The summed E-state index contributed by atoms with van der Waals surface area (Å²) < 4.78 is 11.4. The van der Waals surface area contributed by atoms with Gasteiger partial charge in [0.15, 0.2) is 11.6 Å². The van der Waals surface area contributed by atoms with E-state index in [9.17, 15) is 9.59 Å². The van der Waals surface area contributed by atoms with Crippen LogP contribution in [0.25, 0.3) is 0 Å². The summed E-state index contributed by atoms with van der Waals surface area (Å²) in [7, 11) is 3.51. The number of hydrogen-bond donors (Lipinski definition) is 1. The maximum atomic E-state index is 12.8. The standard InChI is InChI=1S/C19H20Cl2N6O4/c1-26-3-4-30-14(8-26)15-11(21)7-22-16(25-15)18(28)24-12-9-31-13-5-10(20)6-23-17(13)27(2)19(12)29/h5-7,12,14H,3-4,8-9H2,1-2H3,(H,24,28)/t12-,14?/m0/s1. The Hall–Kier alpha value is -2.53. The van der Waals surface area contributed by atoms with Gasteiger partial charge in [0.2, 0.25) is 5.82 Å². The van der Waals surface area contributed by atoms with Gasteiger partial charge in [0, 0.05) is 32.4 Å². The van der Waals surface area contributed by atoms with Crippen LogP contribution in [0.4, 0.5) is 5.82 Å². The van der Waals surface area contributed by atoms with Crippen LogP contribution in [0.2, 0.25) is 10.0 Å². The predicted octanol–water partition coefficient (Wildman–Crippen LogP) is 1.34. The molecule has 31 heavy (non-hydrogen) atoms. The lowest BCUT2D eigenvalue weighted by Gasteiger charge is -2.30. The molecule has 1 unspecified atom stereocenters. The first kappa shape index (κ1) is 21.7.